The second kappa shape index (κ2) is 10.4. The predicted molar refractivity (Wildman–Crippen MR) is 130 cm³/mol. The van der Waals surface area contributed by atoms with Gasteiger partial charge in [0.15, 0.2) is 0 Å². The van der Waals surface area contributed by atoms with E-state index in [2.05, 4.69) is 0 Å². The SMILES string of the molecule is O=c1n2c(=O)n3c(=O)n1CCSCCn1c(=O)n(c(=O)n(c1=O)CCSCC3)CCSCC2. The number of rotatable bonds is 0. The Morgan fingerprint density at radius 1 is 0.333 bits per heavy atom. The molecule has 6 bridgehead atoms. The Bertz CT molecular complexity index is 1070. The van der Waals surface area contributed by atoms with Crippen molar-refractivity contribution in [1.29, 1.82) is 0 Å². The van der Waals surface area contributed by atoms with Crippen molar-refractivity contribution in [3.8, 4) is 0 Å². The first kappa shape index (κ1) is 24.0. The molecule has 2 aromatic rings. The molecule has 12 nitrogen and oxygen atoms in total. The molecule has 0 N–H and O–H groups in total. The molecule has 0 atom stereocenters. The highest BCUT2D eigenvalue weighted by atomic mass is 32.2. The molecule has 0 fully saturated rings. The summed E-state index contributed by atoms with van der Waals surface area (Å²) < 4.78 is 6.59. The third-order valence-corrected chi connectivity index (χ3v) is 8.35. The van der Waals surface area contributed by atoms with Crippen molar-refractivity contribution < 1.29 is 0 Å². The van der Waals surface area contributed by atoms with Gasteiger partial charge in [0.05, 0.1) is 0 Å². The van der Waals surface area contributed by atoms with E-state index in [0.717, 1.165) is 27.4 Å². The largest absolute Gasteiger partial charge is 0.336 e. The maximum absolute atomic E-state index is 12.9. The molecule has 0 radical (unpaired) electrons. The lowest BCUT2D eigenvalue weighted by atomic mass is 10.6. The smallest absolute Gasteiger partial charge is 0.247 e. The van der Waals surface area contributed by atoms with Gasteiger partial charge in [0.25, 0.3) is 0 Å². The highest BCUT2D eigenvalue weighted by Crippen LogP contribution is 2.04. The van der Waals surface area contributed by atoms with Crippen LogP contribution >= 0.6 is 35.3 Å². The molecule has 3 aliphatic heterocycles. The van der Waals surface area contributed by atoms with Gasteiger partial charge in [-0.1, -0.05) is 0 Å². The van der Waals surface area contributed by atoms with Crippen LogP contribution in [-0.4, -0.2) is 61.9 Å². The van der Waals surface area contributed by atoms with Crippen molar-refractivity contribution in [2.45, 2.75) is 39.3 Å². The second-order valence-electron chi connectivity index (χ2n) is 7.44. The Morgan fingerprint density at radius 2 is 0.485 bits per heavy atom. The van der Waals surface area contributed by atoms with Crippen molar-refractivity contribution in [1.82, 2.24) is 27.4 Å². The zero-order chi connectivity index (χ0) is 23.5. The average Bonchev–Trinajstić information content (AvgIpc) is 2.78. The molecular weight excluding hydrogens is 492 g/mol. The number of nitrogens with zero attached hydrogens (tertiary/aromatic N) is 6. The summed E-state index contributed by atoms with van der Waals surface area (Å²) >= 11 is 4.14. The van der Waals surface area contributed by atoms with Gasteiger partial charge < -0.3 is 0 Å². The lowest BCUT2D eigenvalue weighted by Gasteiger charge is -2.17. The number of fused-ring (bicyclic) bond motifs is 12. The molecule has 2 aromatic heterocycles. The highest BCUT2D eigenvalue weighted by Gasteiger charge is 2.18. The summed E-state index contributed by atoms with van der Waals surface area (Å²) in [5.74, 6) is 2.33. The number of hydrogen-bond donors (Lipinski definition) is 0. The van der Waals surface area contributed by atoms with Gasteiger partial charge in [0.2, 0.25) is 0 Å². The minimum absolute atomic E-state index is 0.113. The predicted octanol–water partition coefficient (Wildman–Crippen LogP) is -2.42. The minimum atomic E-state index is -0.621. The number of thioether (sulfide) groups is 3. The van der Waals surface area contributed by atoms with Crippen LogP contribution < -0.4 is 34.1 Å². The summed E-state index contributed by atoms with van der Waals surface area (Å²) in [5, 5.41) is 0. The van der Waals surface area contributed by atoms with Gasteiger partial charge in [-0.3, -0.25) is 0 Å². The van der Waals surface area contributed by atoms with Crippen LogP contribution in [0.2, 0.25) is 0 Å². The molecule has 3 aliphatic rings. The maximum atomic E-state index is 12.9. The summed E-state index contributed by atoms with van der Waals surface area (Å²) in [6.45, 7) is 0.676. The first-order chi connectivity index (χ1) is 15.9. The van der Waals surface area contributed by atoms with E-state index in [4.69, 9.17) is 0 Å². The van der Waals surface area contributed by atoms with Crippen LogP contribution in [0.4, 0.5) is 0 Å². The Labute approximate surface area is 199 Å². The summed E-state index contributed by atoms with van der Waals surface area (Å²) in [6, 6.07) is 0. The van der Waals surface area contributed by atoms with Crippen LogP contribution in [0.3, 0.4) is 0 Å². The van der Waals surface area contributed by atoms with Crippen molar-refractivity contribution in [3.63, 3.8) is 0 Å². The van der Waals surface area contributed by atoms with Gasteiger partial charge in [-0.25, -0.2) is 56.2 Å². The van der Waals surface area contributed by atoms with Gasteiger partial charge in [-0.2, -0.15) is 35.3 Å². The van der Waals surface area contributed by atoms with E-state index < -0.39 is 34.1 Å². The van der Waals surface area contributed by atoms with Crippen molar-refractivity contribution in [2.75, 3.05) is 34.5 Å². The van der Waals surface area contributed by atoms with E-state index in [0.29, 0.717) is 34.5 Å². The lowest BCUT2D eigenvalue weighted by Crippen LogP contribution is -2.56. The lowest BCUT2D eigenvalue weighted by molar-refractivity contribution is 0.470. The van der Waals surface area contributed by atoms with Gasteiger partial charge in [0, 0.05) is 73.8 Å². The van der Waals surface area contributed by atoms with E-state index in [-0.39, 0.29) is 39.3 Å². The standard InChI is InChI=1S/C18H24N6O6S3/c25-13-19-1-7-31-8-2-22-16(28)23-5-11-32-9-3-20(13)15(27)21(14(19)26)4-10-33-12-6-24(17(22)29)18(23)30/h1-12H2. The van der Waals surface area contributed by atoms with Crippen LogP contribution in [0.15, 0.2) is 28.8 Å². The minimum Gasteiger partial charge on any atom is -0.247 e. The Hall–Kier alpha value is -2.13. The van der Waals surface area contributed by atoms with E-state index in [1.54, 1.807) is 0 Å². The fourth-order valence-electron chi connectivity index (χ4n) is 3.75. The normalized spacial score (nSPS) is 17.8. The third-order valence-electron chi connectivity index (χ3n) is 5.53. The highest BCUT2D eigenvalue weighted by molar-refractivity contribution is 7.99. The maximum Gasteiger partial charge on any atom is 0.336 e. The molecule has 0 aromatic carbocycles. The van der Waals surface area contributed by atoms with Gasteiger partial charge >= 0.3 is 34.1 Å². The molecular formula is C18H24N6O6S3. The molecule has 180 valence electrons. The Kier molecular flexibility index (Phi) is 7.58. The second-order valence-corrected chi connectivity index (χ2v) is 11.1. The van der Waals surface area contributed by atoms with Crippen LogP contribution in [-0.2, 0) is 39.3 Å². The molecule has 5 rings (SSSR count). The van der Waals surface area contributed by atoms with Gasteiger partial charge in [-0.05, 0) is 0 Å². The van der Waals surface area contributed by atoms with Crippen molar-refractivity contribution in [2.24, 2.45) is 0 Å². The van der Waals surface area contributed by atoms with Crippen molar-refractivity contribution in [3.05, 3.63) is 62.9 Å². The molecule has 0 unspecified atom stereocenters. The zero-order valence-corrected chi connectivity index (χ0v) is 20.3. The quantitative estimate of drug-likeness (QED) is 0.375. The summed E-state index contributed by atoms with van der Waals surface area (Å²) in [4.78, 5) is 77.5. The third kappa shape index (κ3) is 4.75. The van der Waals surface area contributed by atoms with E-state index in [1.807, 2.05) is 0 Å². The molecule has 0 spiro atoms. The summed E-state index contributed by atoms with van der Waals surface area (Å²) in [7, 11) is 0. The average molecular weight is 517 g/mol. The Morgan fingerprint density at radius 3 is 0.636 bits per heavy atom. The molecule has 15 heteroatoms. The molecule has 5 heterocycles. The molecule has 0 aliphatic carbocycles. The first-order valence-corrected chi connectivity index (χ1v) is 14.0. The van der Waals surface area contributed by atoms with Crippen LogP contribution in [0.5, 0.6) is 0 Å². The zero-order valence-electron chi connectivity index (χ0n) is 17.8. The van der Waals surface area contributed by atoms with Gasteiger partial charge in [0.1, 0.15) is 0 Å². The summed E-state index contributed by atoms with van der Waals surface area (Å²) in [6.07, 6.45) is 0. The fourth-order valence-corrected chi connectivity index (χ4v) is 6.24. The number of hydrogen-bond acceptors (Lipinski definition) is 9. The number of aromatic nitrogens is 6. The van der Waals surface area contributed by atoms with E-state index >= 15 is 0 Å². The summed E-state index contributed by atoms with van der Waals surface area (Å²) in [5.41, 5.74) is -3.73. The van der Waals surface area contributed by atoms with Crippen LogP contribution in [0.1, 0.15) is 0 Å². The van der Waals surface area contributed by atoms with E-state index in [9.17, 15) is 28.8 Å². The molecule has 0 saturated carbocycles. The van der Waals surface area contributed by atoms with Crippen molar-refractivity contribution >= 4 is 35.3 Å². The monoisotopic (exact) mass is 516 g/mol. The fraction of sp³-hybridized carbons (Fsp3) is 0.667. The molecule has 0 amide bonds. The first-order valence-electron chi connectivity index (χ1n) is 10.5. The van der Waals surface area contributed by atoms with Gasteiger partial charge in [-0.15, -0.1) is 0 Å². The molecule has 33 heavy (non-hydrogen) atoms. The topological polar surface area (TPSA) is 132 Å². The molecule has 0 saturated heterocycles. The van der Waals surface area contributed by atoms with Crippen LogP contribution in [0, 0.1) is 0 Å². The van der Waals surface area contributed by atoms with Crippen LogP contribution in [0.25, 0.3) is 0 Å². The van der Waals surface area contributed by atoms with E-state index in [1.165, 1.54) is 35.3 Å². The Balaban J connectivity index is 1.86.